The van der Waals surface area contributed by atoms with Crippen LogP contribution in [0.4, 0.5) is 26.3 Å². The van der Waals surface area contributed by atoms with Crippen LogP contribution in [0.25, 0.3) is 11.0 Å². The van der Waals surface area contributed by atoms with E-state index in [1.807, 2.05) is 0 Å². The number of rotatable bonds is 4. The van der Waals surface area contributed by atoms with E-state index in [1.165, 1.54) is 24.3 Å². The highest BCUT2D eigenvalue weighted by Gasteiger charge is 2.38. The Bertz CT molecular complexity index is 931. The van der Waals surface area contributed by atoms with Crippen molar-refractivity contribution >= 4 is 11.0 Å². The molecule has 3 rings (SSSR count). The van der Waals surface area contributed by atoms with Crippen molar-refractivity contribution in [2.24, 2.45) is 0 Å². The maximum absolute atomic E-state index is 13.3. The Hall–Kier alpha value is -2.75. The molecular formula is C17H12F6N2O2. The van der Waals surface area contributed by atoms with Gasteiger partial charge in [0.1, 0.15) is 5.75 Å². The van der Waals surface area contributed by atoms with E-state index in [0.29, 0.717) is 0 Å². The van der Waals surface area contributed by atoms with Gasteiger partial charge in [-0.2, -0.15) is 13.2 Å². The van der Waals surface area contributed by atoms with Gasteiger partial charge in [-0.25, -0.2) is 4.98 Å². The molecule has 0 radical (unpaired) electrons. The largest absolute Gasteiger partial charge is 0.573 e. The summed E-state index contributed by atoms with van der Waals surface area (Å²) in [7, 11) is 0. The molecule has 0 saturated carbocycles. The fourth-order valence-electron chi connectivity index (χ4n) is 2.65. The number of nitrogens with zero attached hydrogens (tertiary/aromatic N) is 2. The van der Waals surface area contributed by atoms with E-state index in [4.69, 9.17) is 0 Å². The second kappa shape index (κ2) is 6.76. The van der Waals surface area contributed by atoms with Crippen molar-refractivity contribution < 1.29 is 36.2 Å². The highest BCUT2D eigenvalue weighted by atomic mass is 19.4. The predicted octanol–water partition coefficient (Wildman–Crippen LogP) is 4.69. The number of halogens is 6. The van der Waals surface area contributed by atoms with Gasteiger partial charge in [-0.3, -0.25) is 0 Å². The third-order valence-electron chi connectivity index (χ3n) is 3.76. The lowest BCUT2D eigenvalue weighted by Gasteiger charge is -2.17. The van der Waals surface area contributed by atoms with Crippen LogP contribution in [0.5, 0.6) is 5.75 Å². The van der Waals surface area contributed by atoms with Crippen molar-refractivity contribution in [2.45, 2.75) is 25.2 Å². The first-order chi connectivity index (χ1) is 12.5. The van der Waals surface area contributed by atoms with Crippen LogP contribution in [0, 0.1) is 0 Å². The summed E-state index contributed by atoms with van der Waals surface area (Å²) in [6.07, 6.45) is -11.0. The summed E-state index contributed by atoms with van der Waals surface area (Å²) < 4.78 is 80.8. The number of fused-ring (bicyclic) bond motifs is 1. The molecule has 3 aromatic rings. The Kier molecular flexibility index (Phi) is 4.77. The average Bonchev–Trinajstić information content (AvgIpc) is 2.93. The van der Waals surface area contributed by atoms with Gasteiger partial charge in [0.15, 0.2) is 0 Å². The van der Waals surface area contributed by atoms with Gasteiger partial charge in [-0.15, -0.1) is 13.2 Å². The van der Waals surface area contributed by atoms with Crippen LogP contribution >= 0.6 is 0 Å². The quantitative estimate of drug-likeness (QED) is 0.658. The van der Waals surface area contributed by atoms with E-state index in [2.05, 4.69) is 9.72 Å². The normalized spacial score (nSPS) is 13.7. The Morgan fingerprint density at radius 2 is 1.59 bits per heavy atom. The zero-order chi connectivity index (χ0) is 19.8. The van der Waals surface area contributed by atoms with Gasteiger partial charge >= 0.3 is 12.5 Å². The number of hydrogen-bond donors (Lipinski definition) is 1. The van der Waals surface area contributed by atoms with Crippen molar-refractivity contribution in [3.05, 3.63) is 59.9 Å². The zero-order valence-electron chi connectivity index (χ0n) is 13.4. The standard InChI is InChI=1S/C17H12F6N2O2/c18-16(19,20)15-24-12-3-1-2-4-13(12)25(15)9-14(26)10-5-7-11(8-6-10)27-17(21,22)23/h1-8,14,26H,9H2/t14-/m0/s1. The Balaban J connectivity index is 1.89. The molecule has 0 saturated heterocycles. The minimum Gasteiger partial charge on any atom is -0.406 e. The lowest BCUT2D eigenvalue weighted by Crippen LogP contribution is -2.18. The second-order valence-electron chi connectivity index (χ2n) is 5.67. The highest BCUT2D eigenvalue weighted by molar-refractivity contribution is 5.76. The predicted molar refractivity (Wildman–Crippen MR) is 82.8 cm³/mol. The highest BCUT2D eigenvalue weighted by Crippen LogP contribution is 2.33. The summed E-state index contributed by atoms with van der Waals surface area (Å²) in [6.45, 7) is -0.477. The van der Waals surface area contributed by atoms with Crippen molar-refractivity contribution in [3.8, 4) is 5.75 Å². The van der Waals surface area contributed by atoms with E-state index in [9.17, 15) is 31.4 Å². The first kappa shape index (κ1) is 19.0. The topological polar surface area (TPSA) is 47.3 Å². The molecular weight excluding hydrogens is 378 g/mol. The van der Waals surface area contributed by atoms with E-state index >= 15 is 0 Å². The number of para-hydroxylation sites is 2. The summed E-state index contributed by atoms with van der Waals surface area (Å²) in [5.74, 6) is -1.66. The minimum atomic E-state index is -4.86. The molecule has 0 bridgehead atoms. The Morgan fingerprint density at radius 1 is 0.963 bits per heavy atom. The van der Waals surface area contributed by atoms with E-state index in [-0.39, 0.29) is 16.6 Å². The summed E-state index contributed by atoms with van der Waals surface area (Å²) in [4.78, 5) is 3.57. The Morgan fingerprint density at radius 3 is 2.19 bits per heavy atom. The van der Waals surface area contributed by atoms with Crippen molar-refractivity contribution in [1.29, 1.82) is 0 Å². The van der Waals surface area contributed by atoms with Gasteiger partial charge < -0.3 is 14.4 Å². The van der Waals surface area contributed by atoms with Crippen LogP contribution in [-0.2, 0) is 12.7 Å². The third-order valence-corrected chi connectivity index (χ3v) is 3.76. The maximum Gasteiger partial charge on any atom is 0.573 e. The fraction of sp³-hybridized carbons (Fsp3) is 0.235. The zero-order valence-corrected chi connectivity index (χ0v) is 13.4. The van der Waals surface area contributed by atoms with Gasteiger partial charge in [-0.05, 0) is 29.8 Å². The van der Waals surface area contributed by atoms with Gasteiger partial charge in [0.2, 0.25) is 5.82 Å². The number of hydrogen-bond acceptors (Lipinski definition) is 3. The summed E-state index contributed by atoms with van der Waals surface area (Å²) in [5.41, 5.74) is 0.433. The second-order valence-corrected chi connectivity index (χ2v) is 5.67. The monoisotopic (exact) mass is 390 g/mol. The van der Waals surface area contributed by atoms with Crippen LogP contribution in [-0.4, -0.2) is 21.0 Å². The summed E-state index contributed by atoms with van der Waals surface area (Å²) >= 11 is 0. The average molecular weight is 390 g/mol. The lowest BCUT2D eigenvalue weighted by atomic mass is 10.1. The molecule has 27 heavy (non-hydrogen) atoms. The van der Waals surface area contributed by atoms with E-state index in [0.717, 1.165) is 28.8 Å². The van der Waals surface area contributed by atoms with Crippen molar-refractivity contribution in [1.82, 2.24) is 9.55 Å². The first-order valence-electron chi connectivity index (χ1n) is 7.61. The Labute approximate surface area is 148 Å². The number of alkyl halides is 6. The number of aliphatic hydroxyl groups is 1. The number of aliphatic hydroxyl groups excluding tert-OH is 1. The summed E-state index contributed by atoms with van der Waals surface area (Å²) in [6, 6.07) is 10.2. The van der Waals surface area contributed by atoms with Gasteiger partial charge in [0.25, 0.3) is 0 Å². The van der Waals surface area contributed by atoms with Crippen LogP contribution in [0.3, 0.4) is 0 Å². The molecule has 1 aromatic heterocycles. The molecule has 0 fully saturated rings. The molecule has 144 valence electrons. The molecule has 1 heterocycles. The van der Waals surface area contributed by atoms with Crippen LogP contribution in [0.1, 0.15) is 17.5 Å². The number of benzene rings is 2. The molecule has 10 heteroatoms. The van der Waals surface area contributed by atoms with E-state index in [1.54, 1.807) is 0 Å². The number of imidazole rings is 1. The third kappa shape index (κ3) is 4.33. The fourth-order valence-corrected chi connectivity index (χ4v) is 2.65. The molecule has 0 spiro atoms. The molecule has 0 unspecified atom stereocenters. The number of ether oxygens (including phenoxy) is 1. The maximum atomic E-state index is 13.3. The van der Waals surface area contributed by atoms with Crippen LogP contribution in [0.15, 0.2) is 48.5 Å². The van der Waals surface area contributed by atoms with Gasteiger partial charge in [0, 0.05) is 0 Å². The first-order valence-corrected chi connectivity index (χ1v) is 7.61. The lowest BCUT2D eigenvalue weighted by molar-refractivity contribution is -0.274. The summed E-state index contributed by atoms with van der Waals surface area (Å²) in [5, 5.41) is 10.3. The molecule has 1 atom stereocenters. The molecule has 0 aliphatic rings. The molecule has 1 N–H and O–H groups in total. The van der Waals surface area contributed by atoms with Crippen molar-refractivity contribution in [2.75, 3.05) is 0 Å². The van der Waals surface area contributed by atoms with Gasteiger partial charge in [0.05, 0.1) is 23.7 Å². The molecule has 0 aliphatic heterocycles. The number of aromatic nitrogens is 2. The SMILES string of the molecule is O[C@@H](Cn1c(C(F)(F)F)nc2ccccc21)c1ccc(OC(F)(F)F)cc1. The molecule has 2 aromatic carbocycles. The van der Waals surface area contributed by atoms with Crippen LogP contribution < -0.4 is 4.74 Å². The molecule has 0 aliphatic carbocycles. The molecule has 4 nitrogen and oxygen atoms in total. The smallest absolute Gasteiger partial charge is 0.406 e. The van der Waals surface area contributed by atoms with Crippen molar-refractivity contribution in [3.63, 3.8) is 0 Å². The molecule has 0 amide bonds. The van der Waals surface area contributed by atoms with Gasteiger partial charge in [-0.1, -0.05) is 24.3 Å². The minimum absolute atomic E-state index is 0.117. The van der Waals surface area contributed by atoms with E-state index < -0.39 is 36.8 Å². The van der Waals surface area contributed by atoms with Crippen LogP contribution in [0.2, 0.25) is 0 Å².